The molecule has 3 rings (SSSR count). The van der Waals surface area contributed by atoms with E-state index in [0.29, 0.717) is 42.0 Å². The Kier molecular flexibility index (Phi) is 7.80. The predicted octanol–water partition coefficient (Wildman–Crippen LogP) is 4.21. The van der Waals surface area contributed by atoms with Crippen LogP contribution < -0.4 is 20.1 Å². The molecule has 0 saturated carbocycles. The molecule has 2 aromatic carbocycles. The van der Waals surface area contributed by atoms with Crippen molar-refractivity contribution in [3.63, 3.8) is 0 Å². The van der Waals surface area contributed by atoms with Crippen molar-refractivity contribution in [3.8, 4) is 22.8 Å². The van der Waals surface area contributed by atoms with E-state index in [0.717, 1.165) is 5.56 Å². The molecule has 0 aliphatic rings. The number of halogens is 2. The summed E-state index contributed by atoms with van der Waals surface area (Å²) in [7, 11) is 1.50. The number of alkyl halides is 2. The van der Waals surface area contributed by atoms with Gasteiger partial charge < -0.3 is 24.5 Å². The minimum Gasteiger partial charge on any atom is -0.497 e. The largest absolute Gasteiger partial charge is 0.497 e. The van der Waals surface area contributed by atoms with Crippen molar-refractivity contribution in [2.75, 3.05) is 13.7 Å². The zero-order chi connectivity index (χ0) is 22.1. The zero-order valence-electron chi connectivity index (χ0n) is 17.3. The molecule has 164 valence electrons. The summed E-state index contributed by atoms with van der Waals surface area (Å²) >= 11 is 0. The highest BCUT2D eigenvalue weighted by Crippen LogP contribution is 2.26. The Hall–Kier alpha value is -3.62. The number of benzene rings is 2. The van der Waals surface area contributed by atoms with E-state index >= 15 is 0 Å². The van der Waals surface area contributed by atoms with E-state index in [-0.39, 0.29) is 12.3 Å². The van der Waals surface area contributed by atoms with Gasteiger partial charge in [-0.05, 0) is 25.1 Å². The summed E-state index contributed by atoms with van der Waals surface area (Å²) in [5.41, 5.74) is 1.41. The molecule has 1 aromatic heterocycles. The van der Waals surface area contributed by atoms with Gasteiger partial charge in [-0.15, -0.1) is 0 Å². The van der Waals surface area contributed by atoms with E-state index in [1.54, 1.807) is 18.3 Å². The molecular weight excluding hydrogens is 406 g/mol. The van der Waals surface area contributed by atoms with Crippen LogP contribution in [0.25, 0.3) is 11.3 Å². The van der Waals surface area contributed by atoms with Gasteiger partial charge in [0.15, 0.2) is 11.7 Å². The number of ether oxygens (including phenoxy) is 2. The monoisotopic (exact) mass is 430 g/mol. The third-order valence-corrected chi connectivity index (χ3v) is 4.25. The molecule has 31 heavy (non-hydrogen) atoms. The van der Waals surface area contributed by atoms with E-state index in [9.17, 15) is 8.78 Å². The van der Waals surface area contributed by atoms with Crippen LogP contribution in [0.3, 0.4) is 0 Å². The number of guanidine groups is 1. The SMILES string of the molecule is CCNC(=NCc1cc(OC)ccc1OC(F)F)NCc1ncc(-c2ccccc2)o1. The van der Waals surface area contributed by atoms with Crippen LogP contribution in [-0.2, 0) is 13.1 Å². The minimum atomic E-state index is -2.92. The quantitative estimate of drug-likeness (QED) is 0.391. The molecule has 0 spiro atoms. The van der Waals surface area contributed by atoms with Crippen molar-refractivity contribution in [1.29, 1.82) is 0 Å². The van der Waals surface area contributed by atoms with Crippen LogP contribution in [0.2, 0.25) is 0 Å². The lowest BCUT2D eigenvalue weighted by atomic mass is 10.2. The topological polar surface area (TPSA) is 80.9 Å². The number of nitrogens with zero attached hydrogens (tertiary/aromatic N) is 2. The second-order valence-corrected chi connectivity index (χ2v) is 6.39. The molecule has 0 unspecified atom stereocenters. The third kappa shape index (κ3) is 6.43. The molecule has 7 nitrogen and oxygen atoms in total. The number of hydrogen-bond donors (Lipinski definition) is 2. The van der Waals surface area contributed by atoms with Gasteiger partial charge >= 0.3 is 6.61 Å². The first kappa shape index (κ1) is 22.1. The second kappa shape index (κ2) is 11.0. The number of aliphatic imine (C=N–C) groups is 1. The number of nitrogens with one attached hydrogen (secondary N) is 2. The van der Waals surface area contributed by atoms with E-state index < -0.39 is 6.61 Å². The Morgan fingerprint density at radius 2 is 1.97 bits per heavy atom. The fourth-order valence-electron chi connectivity index (χ4n) is 2.81. The summed E-state index contributed by atoms with van der Waals surface area (Å²) in [6.45, 7) is 0.0242. The van der Waals surface area contributed by atoms with Gasteiger partial charge in [-0.1, -0.05) is 30.3 Å². The van der Waals surface area contributed by atoms with Crippen molar-refractivity contribution in [2.24, 2.45) is 4.99 Å². The predicted molar refractivity (Wildman–Crippen MR) is 113 cm³/mol. The van der Waals surface area contributed by atoms with Crippen LogP contribution in [0.15, 0.2) is 64.1 Å². The maximum atomic E-state index is 12.7. The highest BCUT2D eigenvalue weighted by Gasteiger charge is 2.12. The Morgan fingerprint density at radius 3 is 2.68 bits per heavy atom. The van der Waals surface area contributed by atoms with Crippen LogP contribution in [-0.4, -0.2) is 31.2 Å². The molecule has 0 saturated heterocycles. The molecule has 3 aromatic rings. The molecule has 2 N–H and O–H groups in total. The Bertz CT molecular complexity index is 993. The fraction of sp³-hybridized carbons (Fsp3) is 0.273. The van der Waals surface area contributed by atoms with Crippen LogP contribution in [0, 0.1) is 0 Å². The first-order valence-electron chi connectivity index (χ1n) is 9.73. The van der Waals surface area contributed by atoms with Gasteiger partial charge in [-0.2, -0.15) is 8.78 Å². The maximum Gasteiger partial charge on any atom is 0.387 e. The van der Waals surface area contributed by atoms with E-state index in [1.165, 1.54) is 13.2 Å². The zero-order valence-corrected chi connectivity index (χ0v) is 17.3. The van der Waals surface area contributed by atoms with Crippen molar-refractivity contribution >= 4 is 5.96 Å². The lowest BCUT2D eigenvalue weighted by Crippen LogP contribution is -2.36. The summed E-state index contributed by atoms with van der Waals surface area (Å²) in [5.74, 6) is 2.22. The molecule has 0 aliphatic heterocycles. The van der Waals surface area contributed by atoms with Gasteiger partial charge in [0.05, 0.1) is 26.4 Å². The lowest BCUT2D eigenvalue weighted by molar-refractivity contribution is -0.0504. The van der Waals surface area contributed by atoms with Gasteiger partial charge in [0, 0.05) is 17.7 Å². The van der Waals surface area contributed by atoms with Gasteiger partial charge in [0.1, 0.15) is 11.5 Å². The van der Waals surface area contributed by atoms with Gasteiger partial charge in [0.25, 0.3) is 0 Å². The van der Waals surface area contributed by atoms with Crippen LogP contribution >= 0.6 is 0 Å². The van der Waals surface area contributed by atoms with Crippen molar-refractivity contribution in [3.05, 3.63) is 66.2 Å². The molecule has 9 heteroatoms. The lowest BCUT2D eigenvalue weighted by Gasteiger charge is -2.13. The molecule has 0 aliphatic carbocycles. The Labute approximate surface area is 179 Å². The van der Waals surface area contributed by atoms with Crippen molar-refractivity contribution in [1.82, 2.24) is 15.6 Å². The number of aromatic nitrogens is 1. The van der Waals surface area contributed by atoms with Crippen molar-refractivity contribution < 1.29 is 22.7 Å². The summed E-state index contributed by atoms with van der Waals surface area (Å²) < 4.78 is 40.9. The summed E-state index contributed by atoms with van der Waals surface area (Å²) in [4.78, 5) is 8.73. The Morgan fingerprint density at radius 1 is 1.16 bits per heavy atom. The third-order valence-electron chi connectivity index (χ3n) is 4.25. The highest BCUT2D eigenvalue weighted by molar-refractivity contribution is 5.79. The van der Waals surface area contributed by atoms with E-state index in [1.807, 2.05) is 37.3 Å². The van der Waals surface area contributed by atoms with Gasteiger partial charge in [-0.3, -0.25) is 0 Å². The molecule has 0 fully saturated rings. The highest BCUT2D eigenvalue weighted by atomic mass is 19.3. The average molecular weight is 430 g/mol. The first-order chi connectivity index (χ1) is 15.1. The fourth-order valence-corrected chi connectivity index (χ4v) is 2.81. The molecule has 1 heterocycles. The van der Waals surface area contributed by atoms with Crippen LogP contribution in [0.5, 0.6) is 11.5 Å². The normalized spacial score (nSPS) is 11.5. The summed E-state index contributed by atoms with van der Waals surface area (Å²) in [6, 6.07) is 14.3. The minimum absolute atomic E-state index is 0.0515. The van der Waals surface area contributed by atoms with Crippen LogP contribution in [0.4, 0.5) is 8.78 Å². The smallest absolute Gasteiger partial charge is 0.387 e. The summed E-state index contributed by atoms with van der Waals surface area (Å²) in [5, 5.41) is 6.22. The molecule has 0 amide bonds. The first-order valence-corrected chi connectivity index (χ1v) is 9.73. The maximum absolute atomic E-state index is 12.7. The van der Waals surface area contributed by atoms with Gasteiger partial charge in [0.2, 0.25) is 5.89 Å². The molecule has 0 bridgehead atoms. The van der Waals surface area contributed by atoms with E-state index in [2.05, 4.69) is 25.3 Å². The number of rotatable bonds is 9. The Balaban J connectivity index is 1.69. The van der Waals surface area contributed by atoms with Gasteiger partial charge in [-0.25, -0.2) is 9.98 Å². The number of hydrogen-bond acceptors (Lipinski definition) is 5. The number of methoxy groups -OCH3 is 1. The average Bonchev–Trinajstić information content (AvgIpc) is 3.26. The molecule has 0 atom stereocenters. The molecule has 0 radical (unpaired) electrons. The van der Waals surface area contributed by atoms with Crippen LogP contribution in [0.1, 0.15) is 18.4 Å². The number of oxazole rings is 1. The van der Waals surface area contributed by atoms with Crippen molar-refractivity contribution in [2.45, 2.75) is 26.6 Å². The standard InChI is InChI=1S/C22H24F2N4O3/c1-3-25-22(27-12-16-11-17(29-2)9-10-18(16)31-21(23)24)28-14-20-26-13-19(30-20)15-7-5-4-6-8-15/h4-11,13,21H,3,12,14H2,1-2H3,(H2,25,27,28). The van der Waals surface area contributed by atoms with E-state index in [4.69, 9.17) is 9.15 Å². The second-order valence-electron chi connectivity index (χ2n) is 6.39. The summed E-state index contributed by atoms with van der Waals surface area (Å²) in [6.07, 6.45) is 1.67. The molecular formula is C22H24F2N4O3.